The van der Waals surface area contributed by atoms with Crippen LogP contribution in [0.25, 0.3) is 0 Å². The van der Waals surface area contributed by atoms with E-state index in [2.05, 4.69) is 20.4 Å². The van der Waals surface area contributed by atoms with E-state index in [-0.39, 0.29) is 35.9 Å². The molecule has 4 rings (SSSR count). The summed E-state index contributed by atoms with van der Waals surface area (Å²) < 4.78 is 29.8. The largest absolute Gasteiger partial charge is 0.435 e. The molecule has 2 atom stereocenters. The lowest BCUT2D eigenvalue weighted by Crippen LogP contribution is -2.53. The van der Waals surface area contributed by atoms with Crippen LogP contribution in [0, 0.1) is 18.4 Å². The lowest BCUT2D eigenvalue weighted by Gasteiger charge is -2.31. The average molecular weight is 544 g/mol. The molecule has 0 spiro atoms. The smallest absolute Gasteiger partial charge is 0.387 e. The van der Waals surface area contributed by atoms with E-state index in [1.165, 1.54) is 23.2 Å². The molecule has 0 aliphatic carbocycles. The van der Waals surface area contributed by atoms with Crippen molar-refractivity contribution in [3.8, 4) is 11.9 Å². The molecule has 0 aromatic heterocycles. The van der Waals surface area contributed by atoms with Gasteiger partial charge in [-0.25, -0.2) is 10.0 Å². The first-order valence-electron chi connectivity index (χ1n) is 12.3. The monoisotopic (exact) mass is 543 g/mol. The molecular weight excluding hydrogens is 516 g/mol. The standard InChI is InChI=1S/C26H28ClF2N7O2/c1-3-35(24(37)21-8-5-11-31-21)22-14-36(34-23(22)17-9-10-20(27)16(2)12-17)26(32-15-30)33-18-6-4-7-19(13-18)38-25(28)29/h4,6-7,9-10,12-13,21-22,25,31H,3,5,8,11,14H2,1-2H3,(H,32,33)/t21-,22+/m1/s1. The molecule has 2 aliphatic rings. The van der Waals surface area contributed by atoms with Crippen LogP contribution in [0.2, 0.25) is 5.02 Å². The van der Waals surface area contributed by atoms with Gasteiger partial charge in [0.25, 0.3) is 0 Å². The Bertz CT molecular complexity index is 1270. The van der Waals surface area contributed by atoms with E-state index in [0.717, 1.165) is 30.5 Å². The Hall–Kier alpha value is -3.75. The van der Waals surface area contributed by atoms with Crippen LogP contribution in [-0.4, -0.2) is 65.8 Å². The zero-order valence-electron chi connectivity index (χ0n) is 21.0. The van der Waals surface area contributed by atoms with Gasteiger partial charge in [0.05, 0.1) is 30.0 Å². The number of benzene rings is 2. The number of nitriles is 1. The highest BCUT2D eigenvalue weighted by Gasteiger charge is 2.39. The van der Waals surface area contributed by atoms with Crippen molar-refractivity contribution in [2.24, 2.45) is 10.1 Å². The van der Waals surface area contributed by atoms with Gasteiger partial charge >= 0.3 is 6.61 Å². The molecule has 1 fully saturated rings. The molecule has 2 aromatic rings. The van der Waals surface area contributed by atoms with Gasteiger partial charge in [0.15, 0.2) is 6.19 Å². The highest BCUT2D eigenvalue weighted by molar-refractivity contribution is 6.31. The lowest BCUT2D eigenvalue weighted by atomic mass is 10.00. The number of carbonyl (C=O) groups is 1. The molecule has 0 bridgehead atoms. The number of aliphatic imine (C=N–C) groups is 1. The molecule has 12 heteroatoms. The number of guanidine groups is 1. The minimum atomic E-state index is -2.98. The number of halogens is 3. The number of nitrogens with zero attached hydrogens (tertiary/aromatic N) is 5. The summed E-state index contributed by atoms with van der Waals surface area (Å²) in [6.07, 6.45) is 3.55. The second-order valence-corrected chi connectivity index (χ2v) is 9.28. The number of carbonyl (C=O) groups excluding carboxylic acids is 1. The van der Waals surface area contributed by atoms with Gasteiger partial charge in [-0.1, -0.05) is 23.7 Å². The first-order chi connectivity index (χ1) is 18.3. The van der Waals surface area contributed by atoms with Gasteiger partial charge in [-0.15, -0.1) is 0 Å². The number of nitrogens with one attached hydrogen (secondary N) is 2. The SMILES string of the molecule is CCN(C(=O)[C@H]1CCCN1)[C@H]1CN(C(=Nc2cccc(OC(F)F)c2)NC#N)N=C1c1ccc(Cl)c(C)c1. The van der Waals surface area contributed by atoms with Gasteiger partial charge in [-0.05, 0) is 63.1 Å². The number of ether oxygens (including phenoxy) is 1. The second kappa shape index (κ2) is 12.2. The van der Waals surface area contributed by atoms with Crippen molar-refractivity contribution in [2.75, 3.05) is 19.6 Å². The quantitative estimate of drug-likeness (QED) is 0.237. The Morgan fingerprint density at radius 1 is 1.39 bits per heavy atom. The molecule has 2 aliphatic heterocycles. The summed E-state index contributed by atoms with van der Waals surface area (Å²) in [7, 11) is 0. The van der Waals surface area contributed by atoms with Crippen molar-refractivity contribution in [3.63, 3.8) is 0 Å². The molecule has 0 saturated carbocycles. The number of hydrogen-bond acceptors (Lipinski definition) is 6. The molecule has 1 amide bonds. The van der Waals surface area contributed by atoms with E-state index in [1.54, 1.807) is 17.0 Å². The summed E-state index contributed by atoms with van der Waals surface area (Å²) in [5.74, 6) is -0.00167. The van der Waals surface area contributed by atoms with E-state index >= 15 is 0 Å². The van der Waals surface area contributed by atoms with Gasteiger partial charge in [-0.3, -0.25) is 10.1 Å². The highest BCUT2D eigenvalue weighted by Crippen LogP contribution is 2.26. The van der Waals surface area contributed by atoms with E-state index in [1.807, 2.05) is 32.2 Å². The number of hydrogen-bond donors (Lipinski definition) is 2. The van der Waals surface area contributed by atoms with Gasteiger partial charge < -0.3 is 15.0 Å². The number of rotatable bonds is 7. The number of hydrazone groups is 1. The second-order valence-electron chi connectivity index (χ2n) is 8.87. The Kier molecular flexibility index (Phi) is 8.76. The van der Waals surface area contributed by atoms with Gasteiger partial charge in [0.1, 0.15) is 5.75 Å². The van der Waals surface area contributed by atoms with Crippen LogP contribution in [0.4, 0.5) is 14.5 Å². The van der Waals surface area contributed by atoms with Crippen LogP contribution in [0.3, 0.4) is 0 Å². The van der Waals surface area contributed by atoms with E-state index in [4.69, 9.17) is 16.7 Å². The van der Waals surface area contributed by atoms with E-state index in [0.29, 0.717) is 17.3 Å². The van der Waals surface area contributed by atoms with Crippen molar-refractivity contribution < 1.29 is 18.3 Å². The third kappa shape index (κ3) is 6.20. The van der Waals surface area contributed by atoms with Crippen LogP contribution in [0.1, 0.15) is 30.9 Å². The maximum Gasteiger partial charge on any atom is 0.387 e. The molecule has 2 heterocycles. The Labute approximate surface area is 224 Å². The lowest BCUT2D eigenvalue weighted by molar-refractivity contribution is -0.133. The topological polar surface area (TPSA) is 105 Å². The summed E-state index contributed by atoms with van der Waals surface area (Å²) in [6, 6.07) is 10.7. The third-order valence-electron chi connectivity index (χ3n) is 6.39. The molecule has 200 valence electrons. The Balaban J connectivity index is 1.72. The predicted octanol–water partition coefficient (Wildman–Crippen LogP) is 4.00. The van der Waals surface area contributed by atoms with Crippen molar-refractivity contribution in [1.82, 2.24) is 20.5 Å². The maximum absolute atomic E-state index is 13.5. The van der Waals surface area contributed by atoms with E-state index < -0.39 is 12.7 Å². The average Bonchev–Trinajstić information content (AvgIpc) is 3.57. The molecule has 2 aromatic carbocycles. The zero-order chi connectivity index (χ0) is 27.2. The maximum atomic E-state index is 13.5. The molecule has 0 unspecified atom stereocenters. The van der Waals surface area contributed by atoms with E-state index in [9.17, 15) is 18.8 Å². The fourth-order valence-corrected chi connectivity index (χ4v) is 4.72. The number of aryl methyl sites for hydroxylation is 1. The molecule has 1 saturated heterocycles. The normalized spacial score (nSPS) is 19.3. The van der Waals surface area contributed by atoms with Crippen LogP contribution in [-0.2, 0) is 4.79 Å². The van der Waals surface area contributed by atoms with Crippen molar-refractivity contribution in [1.29, 1.82) is 5.26 Å². The van der Waals surface area contributed by atoms with Gasteiger partial charge in [0, 0.05) is 23.2 Å². The van der Waals surface area contributed by atoms with Crippen molar-refractivity contribution in [3.05, 3.63) is 58.6 Å². The molecule has 38 heavy (non-hydrogen) atoms. The zero-order valence-corrected chi connectivity index (χ0v) is 21.8. The fourth-order valence-electron chi connectivity index (χ4n) is 4.60. The van der Waals surface area contributed by atoms with Crippen LogP contribution in [0.15, 0.2) is 52.6 Å². The Morgan fingerprint density at radius 3 is 2.87 bits per heavy atom. The third-order valence-corrected chi connectivity index (χ3v) is 6.82. The van der Waals surface area contributed by atoms with Crippen LogP contribution < -0.4 is 15.4 Å². The minimum Gasteiger partial charge on any atom is -0.435 e. The number of alkyl halides is 2. The number of likely N-dealkylation sites (N-methyl/N-ethyl adjacent to an activating group) is 1. The molecule has 9 nitrogen and oxygen atoms in total. The van der Waals surface area contributed by atoms with Gasteiger partial charge in [0.2, 0.25) is 11.9 Å². The summed E-state index contributed by atoms with van der Waals surface area (Å²) in [5, 5.41) is 22.1. The van der Waals surface area contributed by atoms with Crippen LogP contribution in [0.5, 0.6) is 5.75 Å². The Morgan fingerprint density at radius 2 is 2.21 bits per heavy atom. The van der Waals surface area contributed by atoms with Gasteiger partial charge in [-0.2, -0.15) is 19.1 Å². The molecule has 0 radical (unpaired) electrons. The fraction of sp³-hybridized carbons (Fsp3) is 0.385. The summed E-state index contributed by atoms with van der Waals surface area (Å²) in [5.41, 5.74) is 2.55. The predicted molar refractivity (Wildman–Crippen MR) is 141 cm³/mol. The summed E-state index contributed by atoms with van der Waals surface area (Å²) in [6.45, 7) is 2.29. The first kappa shape index (κ1) is 27.3. The van der Waals surface area contributed by atoms with Crippen molar-refractivity contribution in [2.45, 2.75) is 45.4 Å². The highest BCUT2D eigenvalue weighted by atomic mass is 35.5. The summed E-state index contributed by atoms with van der Waals surface area (Å²) in [4.78, 5) is 19.7. The minimum absolute atomic E-state index is 0.0150. The van der Waals surface area contributed by atoms with Crippen LogP contribution >= 0.6 is 11.6 Å². The number of amides is 1. The molecular formula is C26H28ClF2N7O2. The molecule has 2 N–H and O–H groups in total. The summed E-state index contributed by atoms with van der Waals surface area (Å²) >= 11 is 6.26. The van der Waals surface area contributed by atoms with Crippen molar-refractivity contribution >= 4 is 34.9 Å². The first-order valence-corrected chi connectivity index (χ1v) is 12.6.